The number of aromatic nitrogens is 1. The Labute approximate surface area is 170 Å². The summed E-state index contributed by atoms with van der Waals surface area (Å²) in [6.07, 6.45) is 2.50. The number of pyridine rings is 1. The van der Waals surface area contributed by atoms with Gasteiger partial charge in [0.2, 0.25) is 5.88 Å². The van der Waals surface area contributed by atoms with Gasteiger partial charge in [-0.05, 0) is 66.8 Å². The summed E-state index contributed by atoms with van der Waals surface area (Å²) in [5.41, 5.74) is 2.80. The normalized spacial score (nSPS) is 10.6. The molecule has 6 nitrogen and oxygen atoms in total. The van der Waals surface area contributed by atoms with Crippen LogP contribution in [0.4, 0.5) is 16.2 Å². The molecule has 3 rings (SSSR count). The van der Waals surface area contributed by atoms with E-state index in [1.54, 1.807) is 37.4 Å². The first-order valence-electron chi connectivity index (χ1n) is 9.51. The molecule has 0 saturated carbocycles. The van der Waals surface area contributed by atoms with Crippen LogP contribution >= 0.6 is 0 Å². The molecule has 0 bridgehead atoms. The Morgan fingerprint density at radius 2 is 1.90 bits per heavy atom. The van der Waals surface area contributed by atoms with E-state index in [1.807, 2.05) is 24.3 Å². The highest BCUT2D eigenvalue weighted by molar-refractivity contribution is 6.00. The van der Waals surface area contributed by atoms with Crippen LogP contribution in [0.25, 0.3) is 0 Å². The van der Waals surface area contributed by atoms with Crippen LogP contribution in [0.3, 0.4) is 0 Å². The van der Waals surface area contributed by atoms with Crippen molar-refractivity contribution in [3.8, 4) is 17.4 Å². The second-order valence-electron chi connectivity index (χ2n) is 7.24. The zero-order valence-electron chi connectivity index (χ0n) is 16.8. The number of para-hydroxylation sites is 1. The van der Waals surface area contributed by atoms with E-state index in [0.717, 1.165) is 17.7 Å². The number of rotatable bonds is 6. The lowest BCUT2D eigenvalue weighted by Crippen LogP contribution is -2.20. The van der Waals surface area contributed by atoms with Crippen LogP contribution in [-0.4, -0.2) is 16.1 Å². The molecule has 3 N–H and O–H groups in total. The quantitative estimate of drug-likeness (QED) is 0.469. The van der Waals surface area contributed by atoms with Crippen LogP contribution in [0.1, 0.15) is 25.0 Å². The third-order valence-corrected chi connectivity index (χ3v) is 4.28. The van der Waals surface area contributed by atoms with Gasteiger partial charge in [-0.15, -0.1) is 0 Å². The van der Waals surface area contributed by atoms with Crippen molar-refractivity contribution in [2.24, 2.45) is 5.92 Å². The number of aryl methyl sites for hydroxylation is 1. The molecule has 0 fully saturated rings. The first-order valence-corrected chi connectivity index (χ1v) is 9.51. The number of urea groups is 1. The predicted molar refractivity (Wildman–Crippen MR) is 115 cm³/mol. The van der Waals surface area contributed by atoms with Crippen molar-refractivity contribution in [2.75, 3.05) is 10.6 Å². The van der Waals surface area contributed by atoms with Crippen LogP contribution in [-0.2, 0) is 6.42 Å². The van der Waals surface area contributed by atoms with Gasteiger partial charge in [0.15, 0.2) is 0 Å². The highest BCUT2D eigenvalue weighted by Gasteiger charge is 2.13. The molecule has 0 saturated heterocycles. The zero-order chi connectivity index (χ0) is 20.8. The van der Waals surface area contributed by atoms with Gasteiger partial charge in [-0.1, -0.05) is 32.0 Å². The maximum Gasteiger partial charge on any atom is 0.323 e. The summed E-state index contributed by atoms with van der Waals surface area (Å²) >= 11 is 0. The lowest BCUT2D eigenvalue weighted by atomic mass is 10.0. The van der Waals surface area contributed by atoms with Crippen LogP contribution in [0.15, 0.2) is 60.8 Å². The van der Waals surface area contributed by atoms with Crippen molar-refractivity contribution in [1.82, 2.24) is 4.98 Å². The minimum Gasteiger partial charge on any atom is -0.508 e. The number of carbonyl (C=O) groups excluding carboxylic acids is 1. The third kappa shape index (κ3) is 5.48. The maximum atomic E-state index is 12.4. The number of ether oxygens (including phenoxy) is 1. The first kappa shape index (κ1) is 20.2. The van der Waals surface area contributed by atoms with E-state index in [2.05, 4.69) is 29.5 Å². The molecule has 0 aliphatic rings. The summed E-state index contributed by atoms with van der Waals surface area (Å²) < 4.78 is 6.04. The number of phenols is 1. The average Bonchev–Trinajstić information content (AvgIpc) is 2.67. The van der Waals surface area contributed by atoms with Gasteiger partial charge < -0.3 is 20.5 Å². The summed E-state index contributed by atoms with van der Waals surface area (Å²) in [7, 11) is 0. The van der Waals surface area contributed by atoms with Crippen molar-refractivity contribution in [3.63, 3.8) is 0 Å². The lowest BCUT2D eigenvalue weighted by molar-refractivity contribution is 0.262. The monoisotopic (exact) mass is 391 g/mol. The molecular weight excluding hydrogens is 366 g/mol. The summed E-state index contributed by atoms with van der Waals surface area (Å²) in [5, 5.41) is 15.1. The summed E-state index contributed by atoms with van der Waals surface area (Å²) in [6, 6.07) is 15.7. The van der Waals surface area contributed by atoms with E-state index in [1.165, 1.54) is 6.07 Å². The van der Waals surface area contributed by atoms with Crippen LogP contribution < -0.4 is 15.4 Å². The lowest BCUT2D eigenvalue weighted by Gasteiger charge is -2.15. The molecule has 0 aliphatic carbocycles. The predicted octanol–water partition coefficient (Wildman–Crippen LogP) is 5.73. The molecule has 2 amide bonds. The van der Waals surface area contributed by atoms with E-state index in [-0.39, 0.29) is 5.75 Å². The maximum absolute atomic E-state index is 12.4. The molecule has 3 aromatic rings. The Kier molecular flexibility index (Phi) is 6.34. The number of hydrogen-bond acceptors (Lipinski definition) is 4. The molecule has 0 atom stereocenters. The second kappa shape index (κ2) is 9.10. The molecule has 1 aromatic heterocycles. The third-order valence-electron chi connectivity index (χ3n) is 4.28. The van der Waals surface area contributed by atoms with Gasteiger partial charge in [-0.3, -0.25) is 0 Å². The molecule has 0 unspecified atom stereocenters. The highest BCUT2D eigenvalue weighted by atomic mass is 16.5. The number of amides is 2. The number of anilines is 2. The van der Waals surface area contributed by atoms with E-state index in [0.29, 0.717) is 28.7 Å². The topological polar surface area (TPSA) is 83.5 Å². The fourth-order valence-corrected chi connectivity index (χ4v) is 2.90. The van der Waals surface area contributed by atoms with Crippen molar-refractivity contribution in [1.29, 1.82) is 0 Å². The average molecular weight is 391 g/mol. The number of hydrogen-bond donors (Lipinski definition) is 3. The Balaban J connectivity index is 1.75. The standard InChI is InChI=1S/C23H25N3O3/c1-15(2)13-17-7-4-5-9-21(17)29-22-19(8-6-12-24-22)26-23(28)25-18-10-11-20(27)16(3)14-18/h4-12,14-15,27H,13H2,1-3H3,(H2,25,26,28). The Morgan fingerprint density at radius 3 is 2.66 bits per heavy atom. The number of benzene rings is 2. The van der Waals surface area contributed by atoms with Crippen molar-refractivity contribution < 1.29 is 14.6 Å². The molecule has 0 radical (unpaired) electrons. The van der Waals surface area contributed by atoms with Crippen LogP contribution in [0, 0.1) is 12.8 Å². The summed E-state index contributed by atoms with van der Waals surface area (Å²) in [6.45, 7) is 6.07. The molecule has 1 heterocycles. The molecule has 150 valence electrons. The Bertz CT molecular complexity index is 1000. The van der Waals surface area contributed by atoms with Gasteiger partial charge in [-0.2, -0.15) is 0 Å². The fraction of sp³-hybridized carbons (Fsp3) is 0.217. The van der Waals surface area contributed by atoms with Gasteiger partial charge in [0.05, 0.1) is 0 Å². The minimum absolute atomic E-state index is 0.180. The number of nitrogens with one attached hydrogen (secondary N) is 2. The largest absolute Gasteiger partial charge is 0.508 e. The number of aromatic hydroxyl groups is 1. The van der Waals surface area contributed by atoms with Gasteiger partial charge in [0, 0.05) is 11.9 Å². The Hall–Kier alpha value is -3.54. The SMILES string of the molecule is Cc1cc(NC(=O)Nc2cccnc2Oc2ccccc2CC(C)C)ccc1O. The fourth-order valence-electron chi connectivity index (χ4n) is 2.90. The van der Waals surface area contributed by atoms with Crippen LogP contribution in [0.2, 0.25) is 0 Å². The number of phenolic OH excluding ortho intramolecular Hbond substituents is 1. The second-order valence-corrected chi connectivity index (χ2v) is 7.24. The van der Waals surface area contributed by atoms with Gasteiger partial charge in [0.1, 0.15) is 17.2 Å². The summed E-state index contributed by atoms with van der Waals surface area (Å²) in [4.78, 5) is 16.7. The van der Waals surface area contributed by atoms with E-state index < -0.39 is 6.03 Å². The van der Waals surface area contributed by atoms with E-state index in [4.69, 9.17) is 4.74 Å². The van der Waals surface area contributed by atoms with Crippen molar-refractivity contribution in [2.45, 2.75) is 27.2 Å². The summed E-state index contributed by atoms with van der Waals surface area (Å²) in [5.74, 6) is 1.71. The molecule has 0 aliphatic heterocycles. The Morgan fingerprint density at radius 1 is 1.10 bits per heavy atom. The van der Waals surface area contributed by atoms with Crippen molar-refractivity contribution in [3.05, 3.63) is 71.9 Å². The van der Waals surface area contributed by atoms with Gasteiger partial charge in [-0.25, -0.2) is 9.78 Å². The van der Waals surface area contributed by atoms with Crippen molar-refractivity contribution >= 4 is 17.4 Å². The van der Waals surface area contributed by atoms with E-state index >= 15 is 0 Å². The molecule has 2 aromatic carbocycles. The molecular formula is C23H25N3O3. The zero-order valence-corrected chi connectivity index (χ0v) is 16.8. The molecule has 6 heteroatoms. The minimum atomic E-state index is -0.427. The number of carbonyl (C=O) groups is 1. The smallest absolute Gasteiger partial charge is 0.323 e. The van der Waals surface area contributed by atoms with Crippen LogP contribution in [0.5, 0.6) is 17.4 Å². The van der Waals surface area contributed by atoms with Gasteiger partial charge >= 0.3 is 6.03 Å². The van der Waals surface area contributed by atoms with Gasteiger partial charge in [0.25, 0.3) is 0 Å². The first-order chi connectivity index (χ1) is 13.9. The molecule has 29 heavy (non-hydrogen) atoms. The number of nitrogens with zero attached hydrogens (tertiary/aromatic N) is 1. The molecule has 0 spiro atoms. The highest BCUT2D eigenvalue weighted by Crippen LogP contribution is 2.30. The van der Waals surface area contributed by atoms with E-state index in [9.17, 15) is 9.90 Å².